The molecule has 0 aliphatic carbocycles. The number of nitrogens with one attached hydrogen (secondary N) is 1. The summed E-state index contributed by atoms with van der Waals surface area (Å²) in [6.45, 7) is 5.35. The van der Waals surface area contributed by atoms with Gasteiger partial charge >= 0.3 is 0 Å². The number of hydrogen-bond acceptors (Lipinski definition) is 5. The van der Waals surface area contributed by atoms with Gasteiger partial charge in [-0.3, -0.25) is 4.79 Å². The number of guanidine groups is 1. The number of aryl methyl sites for hydroxylation is 1. The Hall–Kier alpha value is -2.61. The fourth-order valence-corrected chi connectivity index (χ4v) is 3.52. The Morgan fingerprint density at radius 1 is 1.35 bits per heavy atom. The molecule has 1 aliphatic rings. The molecular weight excluding hydrogens is 348 g/mol. The minimum Gasteiger partial charge on any atom is -0.370 e. The molecular formula is C18H24N6OS. The van der Waals surface area contributed by atoms with Gasteiger partial charge in [-0.1, -0.05) is 19.1 Å². The molecule has 0 radical (unpaired) electrons. The molecule has 1 aromatic carbocycles. The quantitative estimate of drug-likeness (QED) is 0.617. The number of carbonyl (C=O) groups excluding carboxylic acids is 1. The van der Waals surface area contributed by atoms with Crippen LogP contribution in [0.4, 0.5) is 10.8 Å². The van der Waals surface area contributed by atoms with Gasteiger partial charge in [0.15, 0.2) is 11.1 Å². The summed E-state index contributed by atoms with van der Waals surface area (Å²) in [5.74, 6) is 0.254. The predicted molar refractivity (Wildman–Crippen MR) is 107 cm³/mol. The number of benzene rings is 1. The molecule has 1 aromatic heterocycles. The number of aliphatic imine (C=N–C) groups is 1. The van der Waals surface area contributed by atoms with E-state index in [1.807, 2.05) is 40.7 Å². The van der Waals surface area contributed by atoms with Gasteiger partial charge in [-0.15, -0.1) is 11.3 Å². The third-order valence-corrected chi connectivity index (χ3v) is 5.13. The van der Waals surface area contributed by atoms with Crippen molar-refractivity contribution in [3.8, 4) is 0 Å². The Labute approximate surface area is 157 Å². The summed E-state index contributed by atoms with van der Waals surface area (Å²) in [4.78, 5) is 24.9. The number of aromatic nitrogens is 1. The van der Waals surface area contributed by atoms with Gasteiger partial charge in [-0.05, 0) is 24.1 Å². The summed E-state index contributed by atoms with van der Waals surface area (Å²) < 4.78 is 0. The van der Waals surface area contributed by atoms with E-state index in [9.17, 15) is 4.79 Å². The van der Waals surface area contributed by atoms with E-state index in [2.05, 4.69) is 27.1 Å². The average molecular weight is 372 g/mol. The van der Waals surface area contributed by atoms with Crippen LogP contribution < -0.4 is 16.0 Å². The van der Waals surface area contributed by atoms with Gasteiger partial charge in [-0.2, -0.15) is 0 Å². The fraction of sp³-hybridized carbons (Fsp3) is 0.389. The zero-order valence-electron chi connectivity index (χ0n) is 14.9. The molecule has 0 saturated carbocycles. The van der Waals surface area contributed by atoms with E-state index in [1.165, 1.54) is 5.56 Å². The summed E-state index contributed by atoms with van der Waals surface area (Å²) >= 11 is 1.64. The van der Waals surface area contributed by atoms with Gasteiger partial charge < -0.3 is 20.9 Å². The molecule has 138 valence electrons. The number of anilines is 2. The lowest BCUT2D eigenvalue weighted by Crippen LogP contribution is -2.51. The topological polar surface area (TPSA) is 86.8 Å². The van der Waals surface area contributed by atoms with E-state index in [-0.39, 0.29) is 12.5 Å². The molecule has 0 spiro atoms. The number of carbonyl (C=O) groups is 1. The molecule has 1 aliphatic heterocycles. The van der Waals surface area contributed by atoms with Crippen LogP contribution in [0.1, 0.15) is 12.5 Å². The van der Waals surface area contributed by atoms with Crippen LogP contribution >= 0.6 is 11.3 Å². The highest BCUT2D eigenvalue weighted by Crippen LogP contribution is 2.18. The number of hydrogen-bond donors (Lipinski definition) is 2. The zero-order chi connectivity index (χ0) is 18.4. The first-order chi connectivity index (χ1) is 12.7. The molecule has 2 heterocycles. The molecule has 3 rings (SSSR count). The van der Waals surface area contributed by atoms with Crippen LogP contribution in [-0.4, -0.2) is 54.5 Å². The van der Waals surface area contributed by atoms with E-state index < -0.39 is 0 Å². The fourth-order valence-electron chi connectivity index (χ4n) is 2.82. The molecule has 2 aromatic rings. The maximum Gasteiger partial charge on any atom is 0.246 e. The van der Waals surface area contributed by atoms with Crippen LogP contribution in [-0.2, 0) is 11.2 Å². The summed E-state index contributed by atoms with van der Waals surface area (Å²) in [5.41, 5.74) is 8.04. The number of amides is 1. The number of thiazole rings is 1. The first kappa shape index (κ1) is 18.2. The second-order valence-corrected chi connectivity index (χ2v) is 6.94. The minimum absolute atomic E-state index is 0.0227. The monoisotopic (exact) mass is 372 g/mol. The average Bonchev–Trinajstić information content (AvgIpc) is 3.21. The van der Waals surface area contributed by atoms with Crippen LogP contribution in [0.25, 0.3) is 0 Å². The van der Waals surface area contributed by atoms with Crippen molar-refractivity contribution in [3.63, 3.8) is 0 Å². The number of nitrogens with two attached hydrogens (primary N) is 1. The molecule has 8 heteroatoms. The minimum atomic E-state index is -0.164. The Bertz CT molecular complexity index is 753. The van der Waals surface area contributed by atoms with Crippen LogP contribution in [0, 0.1) is 0 Å². The van der Waals surface area contributed by atoms with Gasteiger partial charge in [0.25, 0.3) is 0 Å². The third-order valence-electron chi connectivity index (χ3n) is 4.30. The molecule has 1 saturated heterocycles. The highest BCUT2D eigenvalue weighted by Gasteiger charge is 2.19. The van der Waals surface area contributed by atoms with Gasteiger partial charge in [0.2, 0.25) is 5.91 Å². The van der Waals surface area contributed by atoms with E-state index >= 15 is 0 Å². The maximum atomic E-state index is 12.1. The van der Waals surface area contributed by atoms with Crippen LogP contribution in [0.5, 0.6) is 0 Å². The van der Waals surface area contributed by atoms with Crippen molar-refractivity contribution in [2.45, 2.75) is 13.3 Å². The van der Waals surface area contributed by atoms with Crippen molar-refractivity contribution in [1.82, 2.24) is 9.88 Å². The first-order valence-corrected chi connectivity index (χ1v) is 9.61. The molecule has 3 N–H and O–H groups in total. The summed E-state index contributed by atoms with van der Waals surface area (Å²) in [6.07, 6.45) is 2.75. The number of rotatable bonds is 5. The van der Waals surface area contributed by atoms with Crippen molar-refractivity contribution >= 4 is 34.0 Å². The van der Waals surface area contributed by atoms with E-state index in [0.29, 0.717) is 5.96 Å². The Morgan fingerprint density at radius 3 is 2.85 bits per heavy atom. The number of nitrogens with zero attached hydrogens (tertiary/aromatic N) is 4. The standard InChI is InChI=1S/C18H24N6OS/c1-2-14-4-3-5-15(12-14)22-16(25)13-21-17(19)23-7-9-24(10-8-23)18-20-6-11-26-18/h3-6,11-12H,2,7-10,13H2,1H3,(H2,19,21)(H,22,25). The predicted octanol–water partition coefficient (Wildman–Crippen LogP) is 1.78. The summed E-state index contributed by atoms with van der Waals surface area (Å²) in [6, 6.07) is 7.83. The van der Waals surface area contributed by atoms with E-state index in [0.717, 1.165) is 43.4 Å². The molecule has 1 fully saturated rings. The van der Waals surface area contributed by atoms with Gasteiger partial charge in [0.1, 0.15) is 6.54 Å². The molecule has 7 nitrogen and oxygen atoms in total. The van der Waals surface area contributed by atoms with E-state index in [4.69, 9.17) is 5.73 Å². The Kier molecular flexibility index (Phi) is 6.06. The largest absolute Gasteiger partial charge is 0.370 e. The molecule has 1 amide bonds. The van der Waals surface area contributed by atoms with E-state index in [1.54, 1.807) is 11.3 Å². The van der Waals surface area contributed by atoms with Crippen molar-refractivity contribution in [2.24, 2.45) is 10.7 Å². The van der Waals surface area contributed by atoms with Crippen molar-refractivity contribution in [2.75, 3.05) is 42.9 Å². The van der Waals surface area contributed by atoms with Gasteiger partial charge in [-0.25, -0.2) is 9.98 Å². The summed E-state index contributed by atoms with van der Waals surface area (Å²) in [5, 5.41) is 5.88. The maximum absolute atomic E-state index is 12.1. The Morgan fingerprint density at radius 2 is 2.15 bits per heavy atom. The van der Waals surface area contributed by atoms with Gasteiger partial charge in [0, 0.05) is 43.4 Å². The summed E-state index contributed by atoms with van der Waals surface area (Å²) in [7, 11) is 0. The lowest BCUT2D eigenvalue weighted by Gasteiger charge is -2.35. The van der Waals surface area contributed by atoms with Crippen molar-refractivity contribution < 1.29 is 4.79 Å². The second-order valence-electron chi connectivity index (χ2n) is 6.07. The highest BCUT2D eigenvalue weighted by molar-refractivity contribution is 7.13. The lowest BCUT2D eigenvalue weighted by molar-refractivity contribution is -0.114. The SMILES string of the molecule is CCc1cccc(NC(=O)CN=C(N)N2CCN(c3nccs3)CC2)c1. The van der Waals surface area contributed by atoms with Crippen LogP contribution in [0.2, 0.25) is 0 Å². The lowest BCUT2D eigenvalue weighted by atomic mass is 10.1. The third kappa shape index (κ3) is 4.72. The van der Waals surface area contributed by atoms with Crippen molar-refractivity contribution in [3.05, 3.63) is 41.4 Å². The first-order valence-electron chi connectivity index (χ1n) is 8.74. The Balaban J connectivity index is 1.48. The van der Waals surface area contributed by atoms with Crippen LogP contribution in [0.15, 0.2) is 40.8 Å². The molecule has 0 bridgehead atoms. The molecule has 0 unspecified atom stereocenters. The molecule has 26 heavy (non-hydrogen) atoms. The normalized spacial score (nSPS) is 15.2. The zero-order valence-corrected chi connectivity index (χ0v) is 15.7. The van der Waals surface area contributed by atoms with Crippen LogP contribution in [0.3, 0.4) is 0 Å². The smallest absolute Gasteiger partial charge is 0.246 e. The van der Waals surface area contributed by atoms with Crippen molar-refractivity contribution in [1.29, 1.82) is 0 Å². The van der Waals surface area contributed by atoms with Gasteiger partial charge in [0.05, 0.1) is 0 Å². The number of piperazine rings is 1. The second kappa shape index (κ2) is 8.66. The molecule has 0 atom stereocenters. The highest BCUT2D eigenvalue weighted by atomic mass is 32.1.